The van der Waals surface area contributed by atoms with Crippen LogP contribution in [0.1, 0.15) is 73.3 Å². The van der Waals surface area contributed by atoms with Crippen molar-refractivity contribution in [3.8, 4) is 0 Å². The lowest BCUT2D eigenvalue weighted by atomic mass is 10.1. The molecule has 1 aliphatic heterocycles. The van der Waals surface area contributed by atoms with Gasteiger partial charge in [-0.25, -0.2) is 4.90 Å². The molecule has 2 N–H and O–H groups in total. The average molecular weight is 722 g/mol. The molecule has 0 saturated carbocycles. The molecule has 1 heterocycles. The Morgan fingerprint density at radius 1 is 0.436 bits per heavy atom. The molecule has 6 aromatic carbocycles. The third-order valence-corrected chi connectivity index (χ3v) is 8.82. The van der Waals surface area contributed by atoms with Crippen molar-refractivity contribution in [3.63, 3.8) is 0 Å². The lowest BCUT2D eigenvalue weighted by Gasteiger charge is -2.15. The standard InChI is InChI=1S/C46H31N3O6/c50-41(32-8-3-1-4-9-32)26-18-30-14-21-36(22-15-30)47-43(52)34-12-7-13-38(28-34)49-45(54)39-25-20-35(29-40(39)46(49)55)44(53)48-37-23-16-31(17-24-37)19-27-42(51)33-10-5-2-6-11-33/h1-29H,(H,47,52)(H,48,53). The predicted molar refractivity (Wildman–Crippen MR) is 212 cm³/mol. The number of rotatable bonds is 11. The third-order valence-electron chi connectivity index (χ3n) is 8.82. The van der Waals surface area contributed by atoms with E-state index in [0.717, 1.165) is 16.0 Å². The molecule has 0 radical (unpaired) electrons. The van der Waals surface area contributed by atoms with Crippen molar-refractivity contribution in [2.24, 2.45) is 0 Å². The number of nitrogens with one attached hydrogen (secondary N) is 2. The SMILES string of the molecule is O=C(C=Cc1ccc(NC(=O)c2cccc(N3C(=O)c4ccc(C(=O)Nc5ccc(C=CC(=O)c6ccccc6)cc5)cc4C3=O)c2)cc1)c1ccccc1. The number of nitrogens with zero attached hydrogens (tertiary/aromatic N) is 1. The first kappa shape index (κ1) is 35.6. The van der Waals surface area contributed by atoms with Gasteiger partial charge in [0.15, 0.2) is 11.6 Å². The first-order valence-corrected chi connectivity index (χ1v) is 17.2. The molecule has 1 aliphatic rings. The molecule has 0 unspecified atom stereocenters. The number of fused-ring (bicyclic) bond motifs is 1. The van der Waals surface area contributed by atoms with Crippen molar-refractivity contribution in [2.75, 3.05) is 15.5 Å². The first-order valence-electron chi connectivity index (χ1n) is 17.2. The molecule has 9 nitrogen and oxygen atoms in total. The number of benzene rings is 6. The molecule has 0 bridgehead atoms. The minimum Gasteiger partial charge on any atom is -0.322 e. The smallest absolute Gasteiger partial charge is 0.266 e. The Kier molecular flexibility index (Phi) is 10.3. The summed E-state index contributed by atoms with van der Waals surface area (Å²) in [6.45, 7) is 0. The molecule has 266 valence electrons. The summed E-state index contributed by atoms with van der Waals surface area (Å²) in [5.41, 5.74) is 4.51. The predicted octanol–water partition coefficient (Wildman–Crippen LogP) is 8.78. The normalized spacial score (nSPS) is 12.2. The van der Waals surface area contributed by atoms with Gasteiger partial charge in [-0.3, -0.25) is 28.8 Å². The van der Waals surface area contributed by atoms with Gasteiger partial charge in [0.25, 0.3) is 23.6 Å². The van der Waals surface area contributed by atoms with Gasteiger partial charge in [0.1, 0.15) is 0 Å². The van der Waals surface area contributed by atoms with Gasteiger partial charge >= 0.3 is 0 Å². The van der Waals surface area contributed by atoms with E-state index in [1.165, 1.54) is 36.4 Å². The summed E-state index contributed by atoms with van der Waals surface area (Å²) in [6.07, 6.45) is 6.36. The van der Waals surface area contributed by atoms with Gasteiger partial charge in [0, 0.05) is 33.6 Å². The van der Waals surface area contributed by atoms with Gasteiger partial charge < -0.3 is 10.6 Å². The van der Waals surface area contributed by atoms with E-state index in [1.54, 1.807) is 127 Å². The number of amides is 4. The average Bonchev–Trinajstić information content (AvgIpc) is 3.48. The van der Waals surface area contributed by atoms with Crippen LogP contribution in [0.3, 0.4) is 0 Å². The molecule has 7 rings (SSSR count). The van der Waals surface area contributed by atoms with Gasteiger partial charge in [-0.05, 0) is 83.9 Å². The second kappa shape index (κ2) is 15.9. The maximum Gasteiger partial charge on any atom is 0.266 e. The maximum absolute atomic E-state index is 13.6. The lowest BCUT2D eigenvalue weighted by Crippen LogP contribution is -2.29. The van der Waals surface area contributed by atoms with Gasteiger partial charge in [0.2, 0.25) is 0 Å². The van der Waals surface area contributed by atoms with Crippen LogP contribution in [0.5, 0.6) is 0 Å². The number of hydrogen-bond acceptors (Lipinski definition) is 6. The number of imide groups is 1. The lowest BCUT2D eigenvalue weighted by molar-refractivity contribution is 0.0922. The fourth-order valence-corrected chi connectivity index (χ4v) is 5.91. The number of ketones is 2. The zero-order chi connectivity index (χ0) is 38.3. The van der Waals surface area contributed by atoms with Crippen LogP contribution in [0.2, 0.25) is 0 Å². The van der Waals surface area contributed by atoms with E-state index in [4.69, 9.17) is 0 Å². The van der Waals surface area contributed by atoms with Crippen molar-refractivity contribution in [1.82, 2.24) is 0 Å². The van der Waals surface area contributed by atoms with Crippen molar-refractivity contribution >= 4 is 64.4 Å². The van der Waals surface area contributed by atoms with Gasteiger partial charge in [0.05, 0.1) is 16.8 Å². The largest absolute Gasteiger partial charge is 0.322 e. The highest BCUT2D eigenvalue weighted by Gasteiger charge is 2.37. The van der Waals surface area contributed by atoms with Crippen molar-refractivity contribution in [1.29, 1.82) is 0 Å². The molecule has 4 amide bonds. The Morgan fingerprint density at radius 2 is 0.891 bits per heavy atom. The van der Waals surface area contributed by atoms with Crippen LogP contribution in [0.4, 0.5) is 17.1 Å². The number of carbonyl (C=O) groups is 6. The van der Waals surface area contributed by atoms with E-state index in [-0.39, 0.29) is 39.5 Å². The fourth-order valence-electron chi connectivity index (χ4n) is 5.91. The zero-order valence-electron chi connectivity index (χ0n) is 29.1. The highest BCUT2D eigenvalue weighted by molar-refractivity contribution is 6.35. The number of hydrogen-bond donors (Lipinski definition) is 2. The fraction of sp³-hybridized carbons (Fsp3) is 0. The van der Waals surface area contributed by atoms with E-state index >= 15 is 0 Å². The molecule has 6 aromatic rings. The van der Waals surface area contributed by atoms with Crippen LogP contribution >= 0.6 is 0 Å². The van der Waals surface area contributed by atoms with Crippen LogP contribution in [0.25, 0.3) is 12.2 Å². The Labute approximate surface area is 316 Å². The van der Waals surface area contributed by atoms with Gasteiger partial charge in [-0.15, -0.1) is 0 Å². The summed E-state index contributed by atoms with van der Waals surface area (Å²) in [5.74, 6) is -2.38. The third kappa shape index (κ3) is 8.16. The van der Waals surface area contributed by atoms with Crippen LogP contribution in [-0.4, -0.2) is 35.2 Å². The minimum absolute atomic E-state index is 0.0654. The topological polar surface area (TPSA) is 130 Å². The Bertz CT molecular complexity index is 2520. The number of carbonyl (C=O) groups excluding carboxylic acids is 6. The summed E-state index contributed by atoms with van der Waals surface area (Å²) in [4.78, 5) is 79.1. The van der Waals surface area contributed by atoms with E-state index < -0.39 is 23.6 Å². The van der Waals surface area contributed by atoms with Crippen LogP contribution < -0.4 is 15.5 Å². The van der Waals surface area contributed by atoms with Crippen molar-refractivity contribution < 1.29 is 28.8 Å². The quantitative estimate of drug-likeness (QED) is 0.0782. The summed E-state index contributed by atoms with van der Waals surface area (Å²) in [7, 11) is 0. The van der Waals surface area contributed by atoms with E-state index in [1.807, 2.05) is 12.1 Å². The van der Waals surface area contributed by atoms with Crippen molar-refractivity contribution in [2.45, 2.75) is 0 Å². The number of allylic oxidation sites excluding steroid dienone is 2. The molecule has 0 spiro atoms. The number of anilines is 3. The van der Waals surface area contributed by atoms with Crippen LogP contribution in [0.15, 0.2) is 164 Å². The van der Waals surface area contributed by atoms with Crippen LogP contribution in [0, 0.1) is 0 Å². The molecule has 9 heteroatoms. The van der Waals surface area contributed by atoms with Crippen molar-refractivity contribution in [3.05, 3.63) is 208 Å². The second-order valence-corrected chi connectivity index (χ2v) is 12.5. The molecular weight excluding hydrogens is 691 g/mol. The Balaban J connectivity index is 0.979. The zero-order valence-corrected chi connectivity index (χ0v) is 29.1. The molecule has 0 aliphatic carbocycles. The summed E-state index contributed by atoms with van der Waals surface area (Å²) >= 11 is 0. The molecule has 0 aromatic heterocycles. The van der Waals surface area contributed by atoms with Crippen LogP contribution in [-0.2, 0) is 0 Å². The summed E-state index contributed by atoms with van der Waals surface area (Å²) in [5, 5.41) is 5.61. The molecule has 0 atom stereocenters. The maximum atomic E-state index is 13.6. The Morgan fingerprint density at radius 3 is 1.40 bits per heavy atom. The highest BCUT2D eigenvalue weighted by Crippen LogP contribution is 2.30. The monoisotopic (exact) mass is 721 g/mol. The van der Waals surface area contributed by atoms with Gasteiger partial charge in [-0.1, -0.05) is 103 Å². The second-order valence-electron chi connectivity index (χ2n) is 12.5. The van der Waals surface area contributed by atoms with E-state index in [9.17, 15) is 28.8 Å². The first-order chi connectivity index (χ1) is 26.7. The molecule has 0 saturated heterocycles. The Hall–Kier alpha value is -7.78. The highest BCUT2D eigenvalue weighted by atomic mass is 16.2. The van der Waals surface area contributed by atoms with E-state index in [2.05, 4.69) is 10.6 Å². The van der Waals surface area contributed by atoms with Gasteiger partial charge in [-0.2, -0.15) is 0 Å². The minimum atomic E-state index is -0.622. The molecule has 0 fully saturated rings. The summed E-state index contributed by atoms with van der Waals surface area (Å²) in [6, 6.07) is 42.1. The molecule has 55 heavy (non-hydrogen) atoms. The molecular formula is C46H31N3O6. The van der Waals surface area contributed by atoms with E-state index in [0.29, 0.717) is 22.5 Å². The summed E-state index contributed by atoms with van der Waals surface area (Å²) < 4.78 is 0.